The second kappa shape index (κ2) is 14.1. The van der Waals surface area contributed by atoms with Crippen molar-refractivity contribution < 1.29 is 29.7 Å². The Labute approximate surface area is 274 Å². The number of benzene rings is 2. The van der Waals surface area contributed by atoms with E-state index in [9.17, 15) is 29.7 Å². The number of phenolic OH excluding ortho intramolecular Hbond substituents is 1. The molecule has 4 heterocycles. The number of fused-ring (bicyclic) bond motifs is 1. The number of carbonyl (C=O) groups excluding carboxylic acids is 2. The first kappa shape index (κ1) is 32.4. The van der Waals surface area contributed by atoms with Crippen LogP contribution in [0, 0.1) is 5.92 Å². The molecule has 0 radical (unpaired) electrons. The van der Waals surface area contributed by atoms with E-state index in [0.717, 1.165) is 55.6 Å². The number of anilines is 1. The third kappa shape index (κ3) is 7.06. The summed E-state index contributed by atoms with van der Waals surface area (Å²) in [6, 6.07) is 11.8. The maximum Gasteiger partial charge on any atom is 0.407 e. The molecule has 4 aliphatic heterocycles. The lowest BCUT2D eigenvalue weighted by Gasteiger charge is -2.46. The van der Waals surface area contributed by atoms with Crippen molar-refractivity contribution in [3.05, 3.63) is 58.6 Å². The number of piperidine rings is 3. The smallest absolute Gasteiger partial charge is 0.407 e. The van der Waals surface area contributed by atoms with Gasteiger partial charge in [0.25, 0.3) is 0 Å². The van der Waals surface area contributed by atoms with Gasteiger partial charge in [0.05, 0.1) is 17.0 Å². The van der Waals surface area contributed by atoms with E-state index in [1.165, 1.54) is 11.0 Å². The lowest BCUT2D eigenvalue weighted by atomic mass is 9.82. The minimum Gasteiger partial charge on any atom is -0.506 e. The quantitative estimate of drug-likeness (QED) is 0.366. The second-order valence-corrected chi connectivity index (χ2v) is 13.6. The molecule has 2 aromatic rings. The molecule has 0 aromatic heterocycles. The summed E-state index contributed by atoms with van der Waals surface area (Å²) >= 11 is 6.26. The van der Waals surface area contributed by atoms with Gasteiger partial charge in [-0.1, -0.05) is 35.9 Å². The van der Waals surface area contributed by atoms with Crippen LogP contribution in [0.5, 0.6) is 5.75 Å². The van der Waals surface area contributed by atoms with E-state index < -0.39 is 18.1 Å². The maximum absolute atomic E-state index is 14.5. The first-order chi connectivity index (χ1) is 22.2. The summed E-state index contributed by atoms with van der Waals surface area (Å²) in [5.41, 5.74) is 2.58. The molecule has 2 unspecified atom stereocenters. The van der Waals surface area contributed by atoms with E-state index in [1.807, 2.05) is 34.1 Å². The minimum atomic E-state index is -1.08. The van der Waals surface area contributed by atoms with Crippen LogP contribution in [-0.2, 0) is 17.6 Å². The van der Waals surface area contributed by atoms with Crippen LogP contribution in [0.2, 0.25) is 5.02 Å². The number of nitrogens with zero attached hydrogens (tertiary/aromatic N) is 4. The first-order valence-corrected chi connectivity index (χ1v) is 16.9. The molecule has 2 aromatic carbocycles. The zero-order chi connectivity index (χ0) is 32.4. The van der Waals surface area contributed by atoms with E-state index in [-0.39, 0.29) is 47.8 Å². The summed E-state index contributed by atoms with van der Waals surface area (Å²) in [7, 11) is 0. The Hall–Kier alpha value is -3.54. The molecule has 6 rings (SSSR count). The van der Waals surface area contributed by atoms with Gasteiger partial charge in [0.1, 0.15) is 5.75 Å². The Morgan fingerprint density at radius 1 is 0.935 bits per heavy atom. The van der Waals surface area contributed by atoms with Gasteiger partial charge in [-0.3, -0.25) is 4.79 Å². The number of nitrogens with one attached hydrogen (secondary N) is 1. The number of carboxylic acid groups (broad SMARTS) is 1. The number of likely N-dealkylation sites (tertiary alicyclic amines) is 3. The molecule has 3 saturated heterocycles. The number of amides is 4. The number of phenols is 1. The van der Waals surface area contributed by atoms with E-state index in [2.05, 4.69) is 10.2 Å². The number of halogens is 1. The Morgan fingerprint density at radius 2 is 1.65 bits per heavy atom. The summed E-state index contributed by atoms with van der Waals surface area (Å²) in [4.78, 5) is 48.1. The maximum atomic E-state index is 14.5. The monoisotopic (exact) mass is 653 g/mol. The highest BCUT2D eigenvalue weighted by Crippen LogP contribution is 2.34. The van der Waals surface area contributed by atoms with Gasteiger partial charge in [-0.25, -0.2) is 9.59 Å². The van der Waals surface area contributed by atoms with Crippen LogP contribution in [-0.4, -0.2) is 116 Å². The van der Waals surface area contributed by atoms with Gasteiger partial charge in [-0.2, -0.15) is 0 Å². The summed E-state index contributed by atoms with van der Waals surface area (Å²) < 4.78 is 0. The first-order valence-electron chi connectivity index (χ1n) is 16.5. The minimum absolute atomic E-state index is 0.0568. The van der Waals surface area contributed by atoms with Crippen LogP contribution in [0.15, 0.2) is 42.5 Å². The van der Waals surface area contributed by atoms with Crippen LogP contribution < -0.4 is 5.32 Å². The summed E-state index contributed by atoms with van der Waals surface area (Å²) in [6.45, 7) is 3.58. The molecule has 46 heavy (non-hydrogen) atoms. The van der Waals surface area contributed by atoms with Crippen molar-refractivity contribution in [2.24, 2.45) is 5.92 Å². The van der Waals surface area contributed by atoms with Gasteiger partial charge in [0.2, 0.25) is 5.91 Å². The van der Waals surface area contributed by atoms with E-state index in [4.69, 9.17) is 11.6 Å². The number of aliphatic hydroxyl groups excluding tert-OH is 1. The molecule has 3 atom stereocenters. The van der Waals surface area contributed by atoms with Gasteiger partial charge in [-0.15, -0.1) is 0 Å². The number of hydrogen-bond donors (Lipinski definition) is 4. The van der Waals surface area contributed by atoms with Crippen molar-refractivity contribution in [3.8, 4) is 5.75 Å². The van der Waals surface area contributed by atoms with Crippen molar-refractivity contribution in [1.82, 2.24) is 19.6 Å². The Morgan fingerprint density at radius 3 is 2.37 bits per heavy atom. The molecule has 0 spiro atoms. The van der Waals surface area contributed by atoms with Crippen LogP contribution in [0.1, 0.15) is 49.7 Å². The topological polar surface area (TPSA) is 137 Å². The van der Waals surface area contributed by atoms with E-state index >= 15 is 0 Å². The zero-order valence-corrected chi connectivity index (χ0v) is 26.8. The number of aliphatic hydroxyl groups is 1. The lowest BCUT2D eigenvalue weighted by Crippen LogP contribution is -2.59. The average Bonchev–Trinajstić information content (AvgIpc) is 3.23. The van der Waals surface area contributed by atoms with Crippen LogP contribution >= 0.6 is 11.6 Å². The van der Waals surface area contributed by atoms with Crippen molar-refractivity contribution in [1.29, 1.82) is 0 Å². The molecule has 4 N–H and O–H groups in total. The third-order valence-electron chi connectivity index (χ3n) is 10.5. The highest BCUT2D eigenvalue weighted by atomic mass is 35.5. The fourth-order valence-corrected chi connectivity index (χ4v) is 8.08. The second-order valence-electron chi connectivity index (χ2n) is 13.2. The highest BCUT2D eigenvalue weighted by Gasteiger charge is 2.44. The molecule has 248 valence electrons. The predicted octanol–water partition coefficient (Wildman–Crippen LogP) is 4.25. The number of aromatic hydroxyl groups is 1. The summed E-state index contributed by atoms with van der Waals surface area (Å²) in [5, 5.41) is 33.5. The Balaban J connectivity index is 1.23. The summed E-state index contributed by atoms with van der Waals surface area (Å²) in [5.74, 6) is -0.853. The average molecular weight is 654 g/mol. The van der Waals surface area contributed by atoms with E-state index in [0.29, 0.717) is 44.9 Å². The number of carbonyl (C=O) groups is 3. The number of urea groups is 1. The number of para-hydroxylation sites is 1. The largest absolute Gasteiger partial charge is 0.506 e. The van der Waals surface area contributed by atoms with Crippen molar-refractivity contribution in [3.63, 3.8) is 0 Å². The van der Waals surface area contributed by atoms with Gasteiger partial charge < -0.3 is 40.2 Å². The fraction of sp³-hybridized carbons (Fsp3) is 0.559. The fourth-order valence-electron chi connectivity index (χ4n) is 7.87. The molecule has 11 nitrogen and oxygen atoms in total. The van der Waals surface area contributed by atoms with Gasteiger partial charge >= 0.3 is 12.1 Å². The zero-order valence-electron chi connectivity index (χ0n) is 26.1. The van der Waals surface area contributed by atoms with E-state index in [1.54, 1.807) is 12.1 Å². The SMILES string of the molecule is O=C(C(Cc1ccc(O)c(Cl)c1)[C@H]1CC(N2CCc3ccccc3NC2=O)CCN1C(=O)O)N1CCC(N2CCC(O)CC2)CC1. The molecular formula is C34H44ClN5O6. The van der Waals surface area contributed by atoms with Crippen LogP contribution in [0.4, 0.5) is 15.3 Å². The highest BCUT2D eigenvalue weighted by molar-refractivity contribution is 6.32. The van der Waals surface area contributed by atoms with Gasteiger partial charge in [-0.05, 0) is 80.7 Å². The third-order valence-corrected chi connectivity index (χ3v) is 10.8. The normalized spacial score (nSPS) is 24.2. The molecule has 4 aliphatic rings. The number of rotatable bonds is 6. The van der Waals surface area contributed by atoms with Crippen LogP contribution in [0.3, 0.4) is 0 Å². The molecule has 3 fully saturated rings. The molecule has 12 heteroatoms. The molecule has 4 amide bonds. The standard InChI is InChI=1S/C34H44ClN5O6/c35-28-20-22(5-6-31(28)42)19-27(32(43)38-13-8-24(9-14-38)37-15-11-26(41)12-16-37)30-21-25(10-18-40(30)34(45)46)39-17-7-23-3-1-2-4-29(23)36-33(39)44/h1-6,20,24-27,30,41-42H,7-19,21H2,(H,36,44)(H,45,46)/t25?,27?,30-/m1/s1. The van der Waals surface area contributed by atoms with Gasteiger partial charge in [0, 0.05) is 63.1 Å². The Kier molecular flexibility index (Phi) is 9.91. The number of hydrogen-bond acceptors (Lipinski definition) is 6. The molecular weight excluding hydrogens is 610 g/mol. The van der Waals surface area contributed by atoms with Gasteiger partial charge in [0.15, 0.2) is 0 Å². The van der Waals surface area contributed by atoms with Crippen LogP contribution in [0.25, 0.3) is 0 Å². The molecule has 0 saturated carbocycles. The lowest BCUT2D eigenvalue weighted by molar-refractivity contribution is -0.140. The van der Waals surface area contributed by atoms with Crippen molar-refractivity contribution in [2.75, 3.05) is 44.6 Å². The predicted molar refractivity (Wildman–Crippen MR) is 174 cm³/mol. The van der Waals surface area contributed by atoms with Crippen molar-refractivity contribution >= 4 is 35.3 Å². The summed E-state index contributed by atoms with van der Waals surface area (Å²) in [6.07, 6.45) is 3.62. The van der Waals surface area contributed by atoms with Crippen molar-refractivity contribution in [2.45, 2.75) is 75.6 Å². The molecule has 0 aliphatic carbocycles. The molecule has 0 bridgehead atoms. The Bertz CT molecular complexity index is 1430.